The van der Waals surface area contributed by atoms with Crippen LogP contribution in [-0.2, 0) is 6.54 Å². The second-order valence-electron chi connectivity index (χ2n) is 4.10. The highest BCUT2D eigenvalue weighted by Gasteiger charge is 2.10. The van der Waals surface area contributed by atoms with Crippen LogP contribution in [0.15, 0.2) is 47.1 Å². The molecule has 96 valence electrons. The Kier molecular flexibility index (Phi) is 3.07. The van der Waals surface area contributed by atoms with E-state index in [2.05, 4.69) is 20.8 Å². The van der Waals surface area contributed by atoms with Gasteiger partial charge in [-0.3, -0.25) is 0 Å². The van der Waals surface area contributed by atoms with E-state index in [1.807, 2.05) is 49.6 Å². The minimum atomic E-state index is 0.618. The first-order chi connectivity index (χ1) is 9.36. The Morgan fingerprint density at radius 3 is 2.89 bits per heavy atom. The lowest BCUT2D eigenvalue weighted by atomic mass is 10.3. The molecular weight excluding hydrogens is 242 g/mol. The Balaban J connectivity index is 1.88. The summed E-state index contributed by atoms with van der Waals surface area (Å²) in [7, 11) is 1.86. The zero-order valence-electron chi connectivity index (χ0n) is 10.4. The summed E-state index contributed by atoms with van der Waals surface area (Å²) in [5.41, 5.74) is 2.46. The van der Waals surface area contributed by atoms with Gasteiger partial charge in [0.05, 0.1) is 17.6 Å². The standard InChI is InChI=1S/C13H13N5O/c1-14-8-10-7-13(19-16-10)12-9-18(17-15-12)11-5-3-2-4-6-11/h2-7,9,14H,8H2,1H3. The summed E-state index contributed by atoms with van der Waals surface area (Å²) in [6.07, 6.45) is 1.82. The average Bonchev–Trinajstić information content (AvgIpc) is 3.08. The van der Waals surface area contributed by atoms with Crippen LogP contribution in [0.4, 0.5) is 0 Å². The second kappa shape index (κ2) is 5.03. The number of benzene rings is 1. The van der Waals surface area contributed by atoms with E-state index in [4.69, 9.17) is 4.52 Å². The summed E-state index contributed by atoms with van der Waals surface area (Å²) in [4.78, 5) is 0. The molecule has 0 saturated carbocycles. The molecule has 6 heteroatoms. The fourth-order valence-corrected chi connectivity index (χ4v) is 1.78. The van der Waals surface area contributed by atoms with Gasteiger partial charge in [0, 0.05) is 12.6 Å². The number of rotatable bonds is 4. The summed E-state index contributed by atoms with van der Waals surface area (Å²) in [5.74, 6) is 0.618. The van der Waals surface area contributed by atoms with Crippen molar-refractivity contribution in [2.24, 2.45) is 0 Å². The fraction of sp³-hybridized carbons (Fsp3) is 0.154. The van der Waals surface area contributed by atoms with E-state index in [-0.39, 0.29) is 0 Å². The van der Waals surface area contributed by atoms with E-state index in [1.54, 1.807) is 4.68 Å². The molecule has 1 aromatic carbocycles. The maximum Gasteiger partial charge on any atom is 0.189 e. The topological polar surface area (TPSA) is 68.8 Å². The molecule has 2 heterocycles. The monoisotopic (exact) mass is 255 g/mol. The van der Waals surface area contributed by atoms with E-state index in [0.29, 0.717) is 18.0 Å². The van der Waals surface area contributed by atoms with Crippen molar-refractivity contribution >= 4 is 0 Å². The van der Waals surface area contributed by atoms with Crippen LogP contribution in [0.5, 0.6) is 0 Å². The molecule has 0 saturated heterocycles. The lowest BCUT2D eigenvalue weighted by Gasteiger charge is -1.96. The summed E-state index contributed by atoms with van der Waals surface area (Å²) in [6.45, 7) is 0.663. The molecule has 0 aliphatic rings. The number of aromatic nitrogens is 4. The minimum Gasteiger partial charge on any atom is -0.354 e. The van der Waals surface area contributed by atoms with Gasteiger partial charge >= 0.3 is 0 Å². The number of nitrogens with one attached hydrogen (secondary N) is 1. The van der Waals surface area contributed by atoms with Crippen molar-refractivity contribution in [3.8, 4) is 17.1 Å². The highest BCUT2D eigenvalue weighted by atomic mass is 16.5. The van der Waals surface area contributed by atoms with E-state index >= 15 is 0 Å². The molecule has 0 aliphatic carbocycles. The van der Waals surface area contributed by atoms with Gasteiger partial charge < -0.3 is 9.84 Å². The van der Waals surface area contributed by atoms with Crippen molar-refractivity contribution in [3.63, 3.8) is 0 Å². The molecule has 0 aliphatic heterocycles. The molecule has 0 spiro atoms. The van der Waals surface area contributed by atoms with Crippen LogP contribution in [-0.4, -0.2) is 27.2 Å². The van der Waals surface area contributed by atoms with Crippen LogP contribution in [0.3, 0.4) is 0 Å². The van der Waals surface area contributed by atoms with Crippen LogP contribution in [0.25, 0.3) is 17.1 Å². The third kappa shape index (κ3) is 2.38. The number of hydrogen-bond donors (Lipinski definition) is 1. The molecule has 19 heavy (non-hydrogen) atoms. The van der Waals surface area contributed by atoms with Crippen LogP contribution < -0.4 is 5.32 Å². The van der Waals surface area contributed by atoms with Gasteiger partial charge in [-0.15, -0.1) is 5.10 Å². The van der Waals surface area contributed by atoms with Gasteiger partial charge in [0.15, 0.2) is 11.5 Å². The zero-order chi connectivity index (χ0) is 13.1. The fourth-order valence-electron chi connectivity index (χ4n) is 1.78. The Bertz CT molecular complexity index is 658. The smallest absolute Gasteiger partial charge is 0.189 e. The van der Waals surface area contributed by atoms with Crippen molar-refractivity contribution in [1.29, 1.82) is 0 Å². The summed E-state index contributed by atoms with van der Waals surface area (Å²) in [5, 5.41) is 15.1. The molecule has 1 N–H and O–H groups in total. The number of nitrogens with zero attached hydrogens (tertiary/aromatic N) is 4. The third-order valence-corrected chi connectivity index (χ3v) is 2.68. The number of hydrogen-bond acceptors (Lipinski definition) is 5. The Labute approximate surface area is 110 Å². The van der Waals surface area contributed by atoms with E-state index in [1.165, 1.54) is 0 Å². The van der Waals surface area contributed by atoms with Gasteiger partial charge in [0.2, 0.25) is 0 Å². The normalized spacial score (nSPS) is 10.8. The van der Waals surface area contributed by atoms with Gasteiger partial charge in [0.25, 0.3) is 0 Å². The first-order valence-corrected chi connectivity index (χ1v) is 5.95. The number of para-hydroxylation sites is 1. The van der Waals surface area contributed by atoms with Crippen LogP contribution >= 0.6 is 0 Å². The molecule has 3 rings (SSSR count). The zero-order valence-corrected chi connectivity index (χ0v) is 10.4. The molecule has 0 amide bonds. The van der Waals surface area contributed by atoms with E-state index in [0.717, 1.165) is 11.4 Å². The molecule has 0 atom stereocenters. The first kappa shape index (κ1) is 11.6. The van der Waals surface area contributed by atoms with E-state index in [9.17, 15) is 0 Å². The average molecular weight is 255 g/mol. The highest BCUT2D eigenvalue weighted by Crippen LogP contribution is 2.18. The third-order valence-electron chi connectivity index (χ3n) is 2.68. The maximum absolute atomic E-state index is 5.25. The second-order valence-corrected chi connectivity index (χ2v) is 4.10. The van der Waals surface area contributed by atoms with Crippen LogP contribution in [0.2, 0.25) is 0 Å². The molecule has 0 radical (unpaired) electrons. The van der Waals surface area contributed by atoms with Crippen molar-refractivity contribution in [1.82, 2.24) is 25.5 Å². The summed E-state index contributed by atoms with van der Waals surface area (Å²) in [6, 6.07) is 11.7. The maximum atomic E-state index is 5.25. The first-order valence-electron chi connectivity index (χ1n) is 5.95. The SMILES string of the molecule is CNCc1cc(-c2cn(-c3ccccc3)nn2)on1. The molecule has 0 unspecified atom stereocenters. The van der Waals surface area contributed by atoms with E-state index < -0.39 is 0 Å². The molecule has 6 nitrogen and oxygen atoms in total. The lowest BCUT2D eigenvalue weighted by Crippen LogP contribution is -2.04. The van der Waals surface area contributed by atoms with Gasteiger partial charge in [0.1, 0.15) is 0 Å². The molecule has 0 fully saturated rings. The van der Waals surface area contributed by atoms with Crippen LogP contribution in [0.1, 0.15) is 5.69 Å². The Morgan fingerprint density at radius 2 is 2.11 bits per heavy atom. The molecular formula is C13H13N5O. The van der Waals surface area contributed by atoms with Crippen molar-refractivity contribution < 1.29 is 4.52 Å². The van der Waals surface area contributed by atoms with Crippen molar-refractivity contribution in [2.75, 3.05) is 7.05 Å². The predicted molar refractivity (Wildman–Crippen MR) is 69.6 cm³/mol. The largest absolute Gasteiger partial charge is 0.354 e. The van der Waals surface area contributed by atoms with Gasteiger partial charge in [-0.05, 0) is 19.2 Å². The van der Waals surface area contributed by atoms with Crippen molar-refractivity contribution in [3.05, 3.63) is 48.3 Å². The van der Waals surface area contributed by atoms with Gasteiger partial charge in [-0.25, -0.2) is 4.68 Å². The Morgan fingerprint density at radius 1 is 1.26 bits per heavy atom. The van der Waals surface area contributed by atoms with Gasteiger partial charge in [-0.2, -0.15) is 0 Å². The molecule has 0 bridgehead atoms. The lowest BCUT2D eigenvalue weighted by molar-refractivity contribution is 0.420. The predicted octanol–water partition coefficient (Wildman–Crippen LogP) is 1.64. The van der Waals surface area contributed by atoms with Crippen LogP contribution in [0, 0.1) is 0 Å². The quantitative estimate of drug-likeness (QED) is 0.767. The summed E-state index contributed by atoms with van der Waals surface area (Å²) < 4.78 is 6.95. The highest BCUT2D eigenvalue weighted by molar-refractivity contribution is 5.51. The summed E-state index contributed by atoms with van der Waals surface area (Å²) >= 11 is 0. The minimum absolute atomic E-state index is 0.618. The Hall–Kier alpha value is -2.47. The molecule has 3 aromatic rings. The molecule has 2 aromatic heterocycles. The van der Waals surface area contributed by atoms with Gasteiger partial charge in [-0.1, -0.05) is 28.6 Å². The van der Waals surface area contributed by atoms with Crippen molar-refractivity contribution in [2.45, 2.75) is 6.54 Å².